The van der Waals surface area contributed by atoms with Crippen molar-refractivity contribution in [3.05, 3.63) is 0 Å². The summed E-state index contributed by atoms with van der Waals surface area (Å²) in [5.41, 5.74) is -2.85. The summed E-state index contributed by atoms with van der Waals surface area (Å²) >= 11 is 0. The Hall–Kier alpha value is -3.79. The van der Waals surface area contributed by atoms with E-state index in [4.69, 9.17) is 37.9 Å². The molecule has 0 amide bonds. The SMILES string of the molecule is CC(=O)OC[C@H]1O[C@@H](OC(=O)[C@]2(COC(C)=O)CC[C@]3(C)[C@H](CC[C@@H]4[C@@]5(C)CC[C@H](OC(C)=O)C(C)(C)[C@@H]5CC[C@]43C)[C@@H]2O)[C@H](OC(C)=O)[C@@H](OC(C)=O)[C@@H]1OC(C)=O. The van der Waals surface area contributed by atoms with Gasteiger partial charge in [-0.05, 0) is 85.4 Å². The molecule has 1 heterocycles. The van der Waals surface area contributed by atoms with Crippen LogP contribution in [0.4, 0.5) is 0 Å². The normalized spacial score (nSPS) is 40.9. The van der Waals surface area contributed by atoms with Crippen molar-refractivity contribution in [3.63, 3.8) is 0 Å². The van der Waals surface area contributed by atoms with Crippen molar-refractivity contribution in [2.75, 3.05) is 13.2 Å². The number of fused-ring (bicyclic) bond motifs is 5. The first-order chi connectivity index (χ1) is 27.3. The number of aliphatic hydroxyl groups excluding tert-OH is 1. The molecule has 1 aliphatic heterocycles. The van der Waals surface area contributed by atoms with Crippen LogP contribution in [0.1, 0.15) is 128 Å². The van der Waals surface area contributed by atoms with Gasteiger partial charge in [-0.2, -0.15) is 0 Å². The number of esters is 7. The zero-order valence-electron chi connectivity index (χ0n) is 36.4. The molecule has 0 aromatic carbocycles. The Balaban J connectivity index is 1.49. The standard InChI is InChI=1S/C43H64O16/c1-22(44)52-20-29-33(55-25(4)47)34(56-26(5)48)35(57-27(6)49)37(58-29)59-38(51)43(21-53-23(2)45)19-18-41(10)28(36(43)50)12-13-31-40(9)16-15-32(54-24(3)46)39(7,8)30(40)14-17-42(31,41)11/h28-37,50H,12-21H2,1-11H3/t28-,29-,30+,31-,32+,33-,34+,35-,36+,37+,40+,41-,42-,43+/m1/s1. The van der Waals surface area contributed by atoms with Crippen molar-refractivity contribution >= 4 is 41.8 Å². The van der Waals surface area contributed by atoms with Crippen LogP contribution in [-0.2, 0) is 71.5 Å². The maximum absolute atomic E-state index is 14.9. The molecule has 332 valence electrons. The van der Waals surface area contributed by atoms with Crippen LogP contribution in [-0.4, -0.2) is 103 Å². The highest BCUT2D eigenvalue weighted by Gasteiger charge is 2.71. The van der Waals surface area contributed by atoms with Gasteiger partial charge in [-0.3, -0.25) is 33.6 Å². The van der Waals surface area contributed by atoms with Gasteiger partial charge >= 0.3 is 41.8 Å². The molecular weight excluding hydrogens is 772 g/mol. The van der Waals surface area contributed by atoms with E-state index in [9.17, 15) is 38.7 Å². The lowest BCUT2D eigenvalue weighted by Crippen LogP contribution is -2.69. The monoisotopic (exact) mass is 836 g/mol. The highest BCUT2D eigenvalue weighted by Crippen LogP contribution is 2.75. The Bertz CT molecular complexity index is 1680. The van der Waals surface area contributed by atoms with Gasteiger partial charge in [0.15, 0.2) is 12.2 Å². The summed E-state index contributed by atoms with van der Waals surface area (Å²) in [7, 11) is 0. The first kappa shape index (κ1) is 46.3. The van der Waals surface area contributed by atoms with Crippen molar-refractivity contribution in [2.45, 2.75) is 170 Å². The Morgan fingerprint density at radius 1 is 0.576 bits per heavy atom. The number of carbonyl (C=O) groups is 7. The molecule has 5 rings (SSSR count). The van der Waals surface area contributed by atoms with E-state index in [0.29, 0.717) is 18.8 Å². The molecular formula is C43H64O16. The summed E-state index contributed by atoms with van der Waals surface area (Å²) in [5.74, 6) is -5.11. The van der Waals surface area contributed by atoms with Crippen LogP contribution in [0.2, 0.25) is 0 Å². The molecule has 0 unspecified atom stereocenters. The largest absolute Gasteiger partial charge is 0.465 e. The van der Waals surface area contributed by atoms with Crippen LogP contribution in [0.5, 0.6) is 0 Å². The molecule has 4 aliphatic carbocycles. The number of rotatable bonds is 10. The fraction of sp³-hybridized carbons (Fsp3) is 0.837. The predicted octanol–water partition coefficient (Wildman–Crippen LogP) is 4.52. The zero-order valence-corrected chi connectivity index (χ0v) is 36.4. The molecule has 4 saturated carbocycles. The fourth-order valence-corrected chi connectivity index (χ4v) is 12.5. The second kappa shape index (κ2) is 16.9. The van der Waals surface area contributed by atoms with E-state index in [2.05, 4.69) is 34.6 Å². The van der Waals surface area contributed by atoms with Crippen LogP contribution in [0.15, 0.2) is 0 Å². The van der Waals surface area contributed by atoms with Gasteiger partial charge < -0.3 is 43.0 Å². The highest BCUT2D eigenvalue weighted by atomic mass is 16.7. The van der Waals surface area contributed by atoms with Crippen molar-refractivity contribution in [1.82, 2.24) is 0 Å². The van der Waals surface area contributed by atoms with Crippen LogP contribution < -0.4 is 0 Å². The van der Waals surface area contributed by atoms with Gasteiger partial charge in [-0.1, -0.05) is 34.6 Å². The molecule has 16 nitrogen and oxygen atoms in total. The topological polar surface area (TPSA) is 214 Å². The molecule has 0 radical (unpaired) electrons. The minimum absolute atomic E-state index is 0.0566. The second-order valence-electron chi connectivity index (χ2n) is 19.0. The number of hydrogen-bond acceptors (Lipinski definition) is 16. The van der Waals surface area contributed by atoms with Crippen LogP contribution in [0.25, 0.3) is 0 Å². The van der Waals surface area contributed by atoms with E-state index in [0.717, 1.165) is 59.8 Å². The summed E-state index contributed by atoms with van der Waals surface area (Å²) in [4.78, 5) is 88.3. The summed E-state index contributed by atoms with van der Waals surface area (Å²) in [6, 6.07) is 0. The minimum Gasteiger partial charge on any atom is -0.465 e. The van der Waals surface area contributed by atoms with Crippen molar-refractivity contribution in [3.8, 4) is 0 Å². The fourth-order valence-electron chi connectivity index (χ4n) is 12.5. The molecule has 16 heteroatoms. The van der Waals surface area contributed by atoms with E-state index >= 15 is 0 Å². The van der Waals surface area contributed by atoms with Crippen molar-refractivity contribution in [2.24, 2.45) is 44.8 Å². The van der Waals surface area contributed by atoms with Gasteiger partial charge in [0.2, 0.25) is 12.4 Å². The molecule has 5 aliphatic rings. The third-order valence-corrected chi connectivity index (χ3v) is 15.3. The first-order valence-electron chi connectivity index (χ1n) is 20.8. The second-order valence-corrected chi connectivity index (χ2v) is 19.0. The van der Waals surface area contributed by atoms with Gasteiger partial charge in [0.1, 0.15) is 30.8 Å². The molecule has 5 fully saturated rings. The average Bonchev–Trinajstić information content (AvgIpc) is 3.10. The number of carbonyl (C=O) groups excluding carboxylic acids is 7. The maximum Gasteiger partial charge on any atom is 0.320 e. The number of ether oxygens (including phenoxy) is 8. The molecule has 0 spiro atoms. The number of hydrogen-bond donors (Lipinski definition) is 1. The van der Waals surface area contributed by atoms with Gasteiger partial charge in [0.25, 0.3) is 0 Å². The molecule has 14 atom stereocenters. The Kier molecular flexibility index (Phi) is 13.3. The van der Waals surface area contributed by atoms with E-state index < -0.39 is 103 Å². The number of aliphatic hydroxyl groups is 1. The first-order valence-corrected chi connectivity index (χ1v) is 20.8. The highest BCUT2D eigenvalue weighted by molar-refractivity contribution is 5.79. The van der Waals surface area contributed by atoms with Gasteiger partial charge in [0, 0.05) is 47.0 Å². The van der Waals surface area contributed by atoms with E-state index in [-0.39, 0.29) is 40.7 Å². The molecule has 0 aromatic rings. The molecule has 0 bridgehead atoms. The summed E-state index contributed by atoms with van der Waals surface area (Å²) in [6.07, 6.45) is -4.21. The van der Waals surface area contributed by atoms with Gasteiger partial charge in [-0.25, -0.2) is 0 Å². The average molecular weight is 837 g/mol. The van der Waals surface area contributed by atoms with E-state index in [1.807, 2.05) is 0 Å². The lowest BCUT2D eigenvalue weighted by atomic mass is 9.33. The third-order valence-electron chi connectivity index (χ3n) is 15.3. The molecule has 1 N–H and O–H groups in total. The molecule has 1 saturated heterocycles. The van der Waals surface area contributed by atoms with Crippen molar-refractivity contribution in [1.29, 1.82) is 0 Å². The lowest BCUT2D eigenvalue weighted by Gasteiger charge is -2.72. The summed E-state index contributed by atoms with van der Waals surface area (Å²) in [5, 5.41) is 12.7. The van der Waals surface area contributed by atoms with Crippen LogP contribution in [0.3, 0.4) is 0 Å². The Morgan fingerprint density at radius 3 is 1.73 bits per heavy atom. The van der Waals surface area contributed by atoms with Crippen molar-refractivity contribution < 1.29 is 76.6 Å². The van der Waals surface area contributed by atoms with Gasteiger partial charge in [-0.15, -0.1) is 0 Å². The lowest BCUT2D eigenvalue weighted by molar-refractivity contribution is -0.308. The zero-order chi connectivity index (χ0) is 44.0. The summed E-state index contributed by atoms with van der Waals surface area (Å²) in [6.45, 7) is 17.3. The van der Waals surface area contributed by atoms with E-state index in [1.54, 1.807) is 0 Å². The van der Waals surface area contributed by atoms with Gasteiger partial charge in [0.05, 0.1) is 6.10 Å². The van der Waals surface area contributed by atoms with E-state index in [1.165, 1.54) is 13.8 Å². The molecule has 59 heavy (non-hydrogen) atoms. The predicted molar refractivity (Wildman–Crippen MR) is 204 cm³/mol. The minimum atomic E-state index is -1.83. The van der Waals surface area contributed by atoms with Crippen LogP contribution in [0, 0.1) is 44.8 Å². The third kappa shape index (κ3) is 8.45. The maximum atomic E-state index is 14.9. The Labute approximate surface area is 346 Å². The smallest absolute Gasteiger partial charge is 0.320 e. The summed E-state index contributed by atoms with van der Waals surface area (Å²) < 4.78 is 45.2. The Morgan fingerprint density at radius 2 is 1.15 bits per heavy atom. The quantitative estimate of drug-likeness (QED) is 0.237. The molecule has 0 aromatic heterocycles. The van der Waals surface area contributed by atoms with Crippen LogP contribution >= 0.6 is 0 Å².